The van der Waals surface area contributed by atoms with Crippen LogP contribution >= 0.6 is 11.3 Å². The molecule has 5 nitrogen and oxygen atoms in total. The summed E-state index contributed by atoms with van der Waals surface area (Å²) in [7, 11) is 5.30. The van der Waals surface area contributed by atoms with E-state index < -0.39 is 0 Å². The second-order valence-electron chi connectivity index (χ2n) is 5.31. The van der Waals surface area contributed by atoms with Gasteiger partial charge in [0.25, 0.3) is 0 Å². The van der Waals surface area contributed by atoms with Crippen molar-refractivity contribution in [3.63, 3.8) is 0 Å². The minimum atomic E-state index is 0.822. The summed E-state index contributed by atoms with van der Waals surface area (Å²) < 4.78 is 12.4. The maximum Gasteiger partial charge on any atom is 0.210 e. The molecule has 0 saturated carbocycles. The van der Waals surface area contributed by atoms with Crippen molar-refractivity contribution in [1.29, 1.82) is 0 Å². The fourth-order valence-corrected chi connectivity index (χ4v) is 3.18. The largest absolute Gasteiger partial charge is 0.497 e. The zero-order chi connectivity index (χ0) is 17.6. The standard InChI is InChI=1S/C19H19N3O2S/c1-22-18(15-6-10-17(24-3)11-7-15)13-25-19(22)21-20-12-14-4-8-16(23-2)9-5-14/h4-13H,1-3H3. The van der Waals surface area contributed by atoms with Crippen LogP contribution in [0.5, 0.6) is 11.5 Å². The maximum absolute atomic E-state index is 5.20. The lowest BCUT2D eigenvalue weighted by molar-refractivity contribution is 0.414. The summed E-state index contributed by atoms with van der Waals surface area (Å²) in [4.78, 5) is 0.829. The van der Waals surface area contributed by atoms with Gasteiger partial charge >= 0.3 is 0 Å². The van der Waals surface area contributed by atoms with Crippen molar-refractivity contribution in [3.8, 4) is 22.8 Å². The van der Waals surface area contributed by atoms with Gasteiger partial charge < -0.3 is 14.0 Å². The zero-order valence-corrected chi connectivity index (χ0v) is 15.2. The highest BCUT2D eigenvalue weighted by atomic mass is 32.1. The molecule has 0 N–H and O–H groups in total. The predicted molar refractivity (Wildman–Crippen MR) is 101 cm³/mol. The van der Waals surface area contributed by atoms with Gasteiger partial charge in [0.2, 0.25) is 4.80 Å². The molecule has 0 atom stereocenters. The molecular formula is C19H19N3O2S. The average Bonchev–Trinajstić information content (AvgIpc) is 3.03. The highest BCUT2D eigenvalue weighted by Crippen LogP contribution is 2.22. The number of methoxy groups -OCH3 is 2. The number of thiazole rings is 1. The molecule has 128 valence electrons. The van der Waals surface area contributed by atoms with E-state index in [0.29, 0.717) is 0 Å². The highest BCUT2D eigenvalue weighted by Gasteiger charge is 2.04. The number of nitrogens with zero attached hydrogens (tertiary/aromatic N) is 3. The van der Waals surface area contributed by atoms with Crippen LogP contribution in [-0.4, -0.2) is 25.0 Å². The molecule has 3 rings (SSSR count). The third-order valence-corrected chi connectivity index (χ3v) is 4.68. The van der Waals surface area contributed by atoms with E-state index in [1.807, 2.05) is 60.1 Å². The van der Waals surface area contributed by atoms with Gasteiger partial charge in [-0.15, -0.1) is 16.4 Å². The molecule has 0 aliphatic heterocycles. The van der Waals surface area contributed by atoms with Crippen LogP contribution in [0.4, 0.5) is 0 Å². The van der Waals surface area contributed by atoms with Crippen molar-refractivity contribution in [2.45, 2.75) is 0 Å². The average molecular weight is 353 g/mol. The fraction of sp³-hybridized carbons (Fsp3) is 0.158. The molecule has 0 aliphatic carbocycles. The quantitative estimate of drug-likeness (QED) is 0.519. The molecule has 1 aromatic heterocycles. The third-order valence-electron chi connectivity index (χ3n) is 3.78. The second-order valence-corrected chi connectivity index (χ2v) is 6.15. The first-order valence-electron chi connectivity index (χ1n) is 7.71. The lowest BCUT2D eigenvalue weighted by Crippen LogP contribution is -2.10. The highest BCUT2D eigenvalue weighted by molar-refractivity contribution is 7.07. The molecule has 0 radical (unpaired) electrons. The van der Waals surface area contributed by atoms with E-state index in [-0.39, 0.29) is 0 Å². The summed E-state index contributed by atoms with van der Waals surface area (Å²) in [5.74, 6) is 1.67. The molecule has 3 aromatic rings. The molecule has 0 bridgehead atoms. The smallest absolute Gasteiger partial charge is 0.210 e. The first kappa shape index (κ1) is 17.0. The normalized spacial score (nSPS) is 11.9. The summed E-state index contributed by atoms with van der Waals surface area (Å²) in [6.45, 7) is 0. The van der Waals surface area contributed by atoms with Gasteiger partial charge in [0.05, 0.1) is 26.1 Å². The number of ether oxygens (including phenoxy) is 2. The van der Waals surface area contributed by atoms with Gasteiger partial charge in [-0.1, -0.05) is 0 Å². The molecule has 0 spiro atoms. The van der Waals surface area contributed by atoms with Crippen molar-refractivity contribution in [2.24, 2.45) is 17.3 Å². The number of hydrogen-bond acceptors (Lipinski definition) is 5. The predicted octanol–water partition coefficient (Wildman–Crippen LogP) is 3.71. The van der Waals surface area contributed by atoms with Crippen LogP contribution in [0.1, 0.15) is 5.56 Å². The monoisotopic (exact) mass is 353 g/mol. The van der Waals surface area contributed by atoms with Crippen molar-refractivity contribution in [3.05, 3.63) is 64.3 Å². The second kappa shape index (κ2) is 7.81. The zero-order valence-electron chi connectivity index (χ0n) is 14.3. The van der Waals surface area contributed by atoms with Gasteiger partial charge in [-0.05, 0) is 59.7 Å². The van der Waals surface area contributed by atoms with Crippen LogP contribution in [0.15, 0.2) is 64.1 Å². The first-order valence-corrected chi connectivity index (χ1v) is 8.59. The van der Waals surface area contributed by atoms with E-state index in [2.05, 4.69) is 15.6 Å². The van der Waals surface area contributed by atoms with E-state index in [1.54, 1.807) is 31.8 Å². The number of benzene rings is 2. The Bertz CT molecular complexity index is 923. The van der Waals surface area contributed by atoms with Gasteiger partial charge in [-0.2, -0.15) is 5.10 Å². The Hall–Kier alpha value is -2.86. The Kier molecular flexibility index (Phi) is 5.30. The van der Waals surface area contributed by atoms with Crippen molar-refractivity contribution in [1.82, 2.24) is 4.57 Å². The minimum Gasteiger partial charge on any atom is -0.497 e. The Morgan fingerprint density at radius 2 is 1.52 bits per heavy atom. The first-order chi connectivity index (χ1) is 12.2. The summed E-state index contributed by atoms with van der Waals surface area (Å²) in [5.41, 5.74) is 3.17. The molecule has 1 heterocycles. The lowest BCUT2D eigenvalue weighted by atomic mass is 10.1. The van der Waals surface area contributed by atoms with Gasteiger partial charge in [-0.3, -0.25) is 0 Å². The van der Waals surface area contributed by atoms with E-state index >= 15 is 0 Å². The molecule has 0 amide bonds. The van der Waals surface area contributed by atoms with Crippen molar-refractivity contribution >= 4 is 17.6 Å². The molecule has 2 aromatic carbocycles. The van der Waals surface area contributed by atoms with Crippen LogP contribution in [0.3, 0.4) is 0 Å². The molecule has 25 heavy (non-hydrogen) atoms. The number of hydrogen-bond donors (Lipinski definition) is 0. The van der Waals surface area contributed by atoms with Gasteiger partial charge in [0, 0.05) is 12.4 Å². The lowest BCUT2D eigenvalue weighted by Gasteiger charge is -2.04. The van der Waals surface area contributed by atoms with Crippen LogP contribution in [0.25, 0.3) is 11.3 Å². The Balaban J connectivity index is 1.81. The molecule has 0 fully saturated rings. The van der Waals surface area contributed by atoms with Crippen LogP contribution in [0, 0.1) is 0 Å². The molecule has 0 unspecified atom stereocenters. The van der Waals surface area contributed by atoms with Crippen LogP contribution < -0.4 is 14.3 Å². The minimum absolute atomic E-state index is 0.822. The maximum atomic E-state index is 5.20. The SMILES string of the molecule is COc1ccc(C=NN=c2scc(-c3ccc(OC)cc3)n2C)cc1. The van der Waals surface area contributed by atoms with E-state index in [0.717, 1.165) is 33.1 Å². The molecular weight excluding hydrogens is 334 g/mol. The van der Waals surface area contributed by atoms with Gasteiger partial charge in [-0.25, -0.2) is 0 Å². The summed E-state index contributed by atoms with van der Waals surface area (Å²) in [6, 6.07) is 15.6. The summed E-state index contributed by atoms with van der Waals surface area (Å²) in [5, 5.41) is 10.6. The Labute approximate surface area is 150 Å². The van der Waals surface area contributed by atoms with Gasteiger partial charge in [0.15, 0.2) is 0 Å². The number of aromatic nitrogens is 1. The van der Waals surface area contributed by atoms with Crippen LogP contribution in [0.2, 0.25) is 0 Å². The fourth-order valence-electron chi connectivity index (χ4n) is 2.32. The third kappa shape index (κ3) is 3.97. The van der Waals surface area contributed by atoms with E-state index in [9.17, 15) is 0 Å². The molecule has 0 saturated heterocycles. The van der Waals surface area contributed by atoms with Crippen molar-refractivity contribution in [2.75, 3.05) is 14.2 Å². The summed E-state index contributed by atoms with van der Waals surface area (Å²) >= 11 is 1.55. The van der Waals surface area contributed by atoms with Crippen molar-refractivity contribution < 1.29 is 9.47 Å². The molecule has 0 aliphatic rings. The summed E-state index contributed by atoms with van der Waals surface area (Å²) in [6.07, 6.45) is 1.73. The van der Waals surface area contributed by atoms with E-state index in [1.165, 1.54) is 0 Å². The molecule has 6 heteroatoms. The topological polar surface area (TPSA) is 48.1 Å². The number of rotatable bonds is 5. The Morgan fingerprint density at radius 1 is 0.920 bits per heavy atom. The van der Waals surface area contributed by atoms with E-state index in [4.69, 9.17) is 9.47 Å². The van der Waals surface area contributed by atoms with Gasteiger partial charge in [0.1, 0.15) is 11.5 Å². The van der Waals surface area contributed by atoms with Crippen LogP contribution in [-0.2, 0) is 7.05 Å². The Morgan fingerprint density at radius 3 is 2.12 bits per heavy atom.